The number of ether oxygens (including phenoxy) is 2. The molecule has 0 unspecified atom stereocenters. The fourth-order valence-electron chi connectivity index (χ4n) is 2.42. The van der Waals surface area contributed by atoms with Crippen LogP contribution in [0.5, 0.6) is 11.5 Å². The molecule has 6 nitrogen and oxygen atoms in total. The molecule has 1 amide bonds. The molecule has 28 heavy (non-hydrogen) atoms. The van der Waals surface area contributed by atoms with Crippen LogP contribution in [0.3, 0.4) is 0 Å². The van der Waals surface area contributed by atoms with Crippen LogP contribution in [0.2, 0.25) is 5.02 Å². The summed E-state index contributed by atoms with van der Waals surface area (Å²) in [4.78, 5) is 13.5. The Kier molecular flexibility index (Phi) is 7.70. The van der Waals surface area contributed by atoms with Crippen molar-refractivity contribution in [2.75, 3.05) is 26.1 Å². The first-order valence-corrected chi connectivity index (χ1v) is 9.39. The zero-order valence-corrected chi connectivity index (χ0v) is 17.6. The minimum absolute atomic E-state index is 0.117. The smallest absolute Gasteiger partial charge is 0.262 e. The van der Waals surface area contributed by atoms with E-state index in [2.05, 4.69) is 10.5 Å². The molecule has 0 saturated carbocycles. The first-order chi connectivity index (χ1) is 13.3. The number of carbonyl (C=O) groups is 1. The number of anilines is 1. The van der Waals surface area contributed by atoms with Crippen LogP contribution in [0.25, 0.3) is 0 Å². The second kappa shape index (κ2) is 9.99. The van der Waals surface area contributed by atoms with E-state index in [4.69, 9.17) is 21.1 Å². The van der Waals surface area contributed by atoms with Gasteiger partial charge in [-0.1, -0.05) is 17.7 Å². The number of nitrogens with zero attached hydrogens (tertiary/aromatic N) is 2. The van der Waals surface area contributed by atoms with Crippen molar-refractivity contribution in [2.24, 2.45) is 5.10 Å². The van der Waals surface area contributed by atoms with Gasteiger partial charge >= 0.3 is 0 Å². The molecule has 7 heteroatoms. The lowest BCUT2D eigenvalue weighted by Crippen LogP contribution is -2.35. The number of likely N-dealkylation sites (N-methyl/N-ethyl adjacent to an activating group) is 1. The van der Waals surface area contributed by atoms with Crippen LogP contribution >= 0.6 is 11.6 Å². The Bertz CT molecular complexity index is 853. The number of benzene rings is 2. The number of carbonyl (C=O) groups excluding carboxylic acids is 1. The maximum atomic E-state index is 12.0. The van der Waals surface area contributed by atoms with Gasteiger partial charge in [0.2, 0.25) is 0 Å². The number of hydrogen-bond acceptors (Lipinski definition) is 5. The van der Waals surface area contributed by atoms with Crippen LogP contribution in [-0.4, -0.2) is 43.8 Å². The Hall–Kier alpha value is -2.73. The topological polar surface area (TPSA) is 63.2 Å². The van der Waals surface area contributed by atoms with Crippen molar-refractivity contribution in [1.29, 1.82) is 0 Å². The molecule has 0 aromatic heterocycles. The lowest BCUT2D eigenvalue weighted by atomic mass is 10.2. The van der Waals surface area contributed by atoms with E-state index in [1.54, 1.807) is 33.3 Å². The molecule has 0 aliphatic carbocycles. The number of hydrazone groups is 1. The number of halogens is 1. The molecule has 0 aliphatic rings. The van der Waals surface area contributed by atoms with E-state index in [9.17, 15) is 4.79 Å². The lowest BCUT2D eigenvalue weighted by molar-refractivity contribution is -0.135. The van der Waals surface area contributed by atoms with Gasteiger partial charge in [-0.2, -0.15) is 5.10 Å². The average molecular weight is 404 g/mol. The van der Waals surface area contributed by atoms with Crippen LogP contribution < -0.4 is 14.9 Å². The standard InChI is InChI=1S/C21H26ClN3O3/c1-6-27-20-11-16(8-10-19(20)28-15(3)21(26)25(4)5)13-23-24-17-9-7-14(2)18(22)12-17/h7-13,15,24H,6H2,1-5H3/b23-13-/t15-/m0/s1. The van der Waals surface area contributed by atoms with E-state index in [1.807, 2.05) is 44.2 Å². The van der Waals surface area contributed by atoms with Gasteiger partial charge in [0, 0.05) is 19.1 Å². The third-order valence-electron chi connectivity index (χ3n) is 3.94. The molecule has 2 rings (SSSR count). The molecular formula is C21H26ClN3O3. The Morgan fingerprint density at radius 3 is 2.64 bits per heavy atom. The molecule has 0 fully saturated rings. The maximum absolute atomic E-state index is 12.0. The first kappa shape index (κ1) is 21.6. The van der Waals surface area contributed by atoms with Crippen LogP contribution in [0, 0.1) is 6.92 Å². The number of amides is 1. The average Bonchev–Trinajstić information content (AvgIpc) is 2.66. The summed E-state index contributed by atoms with van der Waals surface area (Å²) in [6.45, 7) is 6.03. The SMILES string of the molecule is CCOc1cc(/C=N\Nc2ccc(C)c(Cl)c2)ccc1O[C@@H](C)C(=O)N(C)C. The Balaban J connectivity index is 2.12. The van der Waals surface area contributed by atoms with Gasteiger partial charge in [-0.05, 0) is 62.2 Å². The summed E-state index contributed by atoms with van der Waals surface area (Å²) in [5.41, 5.74) is 5.58. The van der Waals surface area contributed by atoms with Crippen molar-refractivity contribution in [3.8, 4) is 11.5 Å². The van der Waals surface area contributed by atoms with Crippen molar-refractivity contribution in [1.82, 2.24) is 4.90 Å². The van der Waals surface area contributed by atoms with Crippen molar-refractivity contribution >= 4 is 29.4 Å². The van der Waals surface area contributed by atoms with E-state index in [1.165, 1.54) is 4.90 Å². The zero-order chi connectivity index (χ0) is 20.7. The highest BCUT2D eigenvalue weighted by Crippen LogP contribution is 2.29. The monoisotopic (exact) mass is 403 g/mol. The second-order valence-electron chi connectivity index (χ2n) is 6.47. The molecule has 0 saturated heterocycles. The maximum Gasteiger partial charge on any atom is 0.262 e. The van der Waals surface area contributed by atoms with E-state index in [0.29, 0.717) is 23.1 Å². The van der Waals surface area contributed by atoms with Gasteiger partial charge in [0.1, 0.15) is 0 Å². The van der Waals surface area contributed by atoms with Gasteiger partial charge < -0.3 is 14.4 Å². The van der Waals surface area contributed by atoms with Crippen molar-refractivity contribution in [3.63, 3.8) is 0 Å². The van der Waals surface area contributed by atoms with Crippen LogP contribution in [0.4, 0.5) is 5.69 Å². The van der Waals surface area contributed by atoms with Crippen molar-refractivity contribution < 1.29 is 14.3 Å². The number of nitrogens with one attached hydrogen (secondary N) is 1. The normalized spacial score (nSPS) is 11.9. The summed E-state index contributed by atoms with van der Waals surface area (Å²) in [7, 11) is 3.39. The number of hydrogen-bond donors (Lipinski definition) is 1. The molecule has 2 aromatic carbocycles. The minimum atomic E-state index is -0.610. The van der Waals surface area contributed by atoms with Gasteiger partial charge in [0.25, 0.3) is 5.91 Å². The molecule has 150 valence electrons. The minimum Gasteiger partial charge on any atom is -0.490 e. The molecule has 0 aliphatic heterocycles. The highest BCUT2D eigenvalue weighted by molar-refractivity contribution is 6.31. The van der Waals surface area contributed by atoms with Gasteiger partial charge in [0.15, 0.2) is 17.6 Å². The van der Waals surface area contributed by atoms with Crippen molar-refractivity contribution in [2.45, 2.75) is 26.9 Å². The molecule has 0 heterocycles. The third kappa shape index (κ3) is 5.89. The van der Waals surface area contributed by atoms with E-state index >= 15 is 0 Å². The molecule has 1 N–H and O–H groups in total. The molecule has 1 atom stereocenters. The highest BCUT2D eigenvalue weighted by Gasteiger charge is 2.18. The Morgan fingerprint density at radius 2 is 2.00 bits per heavy atom. The van der Waals surface area contributed by atoms with Gasteiger partial charge in [0.05, 0.1) is 18.5 Å². The van der Waals surface area contributed by atoms with Gasteiger partial charge in [-0.3, -0.25) is 10.2 Å². The largest absolute Gasteiger partial charge is 0.490 e. The Labute approximate surface area is 171 Å². The second-order valence-corrected chi connectivity index (χ2v) is 6.87. The van der Waals surface area contributed by atoms with Crippen molar-refractivity contribution in [3.05, 3.63) is 52.5 Å². The van der Waals surface area contributed by atoms with E-state index in [-0.39, 0.29) is 5.91 Å². The highest BCUT2D eigenvalue weighted by atomic mass is 35.5. The molecule has 0 spiro atoms. The summed E-state index contributed by atoms with van der Waals surface area (Å²) >= 11 is 6.12. The summed E-state index contributed by atoms with van der Waals surface area (Å²) in [6.07, 6.45) is 1.07. The molecule has 2 aromatic rings. The quantitative estimate of drug-likeness (QED) is 0.525. The lowest BCUT2D eigenvalue weighted by Gasteiger charge is -2.20. The van der Waals surface area contributed by atoms with Crippen LogP contribution in [-0.2, 0) is 4.79 Å². The van der Waals surface area contributed by atoms with E-state index < -0.39 is 6.10 Å². The summed E-state index contributed by atoms with van der Waals surface area (Å²) in [6, 6.07) is 11.1. The summed E-state index contributed by atoms with van der Waals surface area (Å²) in [5, 5.41) is 4.92. The predicted octanol–water partition coefficient (Wildman–Crippen LogP) is 4.35. The van der Waals surface area contributed by atoms with Crippen LogP contribution in [0.15, 0.2) is 41.5 Å². The zero-order valence-electron chi connectivity index (χ0n) is 16.8. The summed E-state index contributed by atoms with van der Waals surface area (Å²) < 4.78 is 11.4. The predicted molar refractivity (Wildman–Crippen MR) is 114 cm³/mol. The molecule has 0 bridgehead atoms. The Morgan fingerprint density at radius 1 is 1.25 bits per heavy atom. The van der Waals surface area contributed by atoms with Crippen LogP contribution in [0.1, 0.15) is 25.0 Å². The molecule has 0 radical (unpaired) electrons. The van der Waals surface area contributed by atoms with E-state index in [0.717, 1.165) is 16.8 Å². The number of rotatable bonds is 8. The first-order valence-electron chi connectivity index (χ1n) is 9.01. The fourth-order valence-corrected chi connectivity index (χ4v) is 2.60. The van der Waals surface area contributed by atoms with Gasteiger partial charge in [-0.15, -0.1) is 0 Å². The summed E-state index contributed by atoms with van der Waals surface area (Å²) in [5.74, 6) is 0.956. The molecular weight excluding hydrogens is 378 g/mol. The fraction of sp³-hybridized carbons (Fsp3) is 0.333. The number of aryl methyl sites for hydroxylation is 1. The van der Waals surface area contributed by atoms with Gasteiger partial charge in [-0.25, -0.2) is 0 Å². The third-order valence-corrected chi connectivity index (χ3v) is 4.35.